The zero-order valence-electron chi connectivity index (χ0n) is 10.4. The third kappa shape index (κ3) is 3.96. The first-order valence-electron chi connectivity index (χ1n) is 5.60. The molecule has 0 unspecified atom stereocenters. The summed E-state index contributed by atoms with van der Waals surface area (Å²) in [5.74, 6) is 1.06. The molecule has 0 amide bonds. The summed E-state index contributed by atoms with van der Waals surface area (Å²) in [6.07, 6.45) is 0. The van der Waals surface area contributed by atoms with E-state index in [9.17, 15) is 4.39 Å². The summed E-state index contributed by atoms with van der Waals surface area (Å²) >= 11 is 10.1. The Balaban J connectivity index is 2.16. The molecule has 0 aliphatic heterocycles. The molecule has 106 valence electrons. The Bertz CT molecular complexity index is 612. The van der Waals surface area contributed by atoms with E-state index in [4.69, 9.17) is 9.47 Å². The van der Waals surface area contributed by atoms with Gasteiger partial charge in [0, 0.05) is 4.47 Å². The van der Waals surface area contributed by atoms with Crippen LogP contribution in [0.3, 0.4) is 0 Å². The first kappa shape index (κ1) is 15.8. The van der Waals surface area contributed by atoms with Gasteiger partial charge in [-0.1, -0.05) is 15.9 Å². The van der Waals surface area contributed by atoms with Crippen LogP contribution in [0.25, 0.3) is 0 Å². The second kappa shape index (κ2) is 6.91. The van der Waals surface area contributed by atoms with E-state index in [1.165, 1.54) is 12.1 Å². The lowest BCUT2D eigenvalue weighted by atomic mass is 10.2. The number of benzene rings is 2. The second-order valence-electron chi connectivity index (χ2n) is 3.98. The fourth-order valence-electron chi connectivity index (χ4n) is 1.63. The second-order valence-corrected chi connectivity index (χ2v) is 6.61. The van der Waals surface area contributed by atoms with Gasteiger partial charge in [-0.2, -0.15) is 0 Å². The highest BCUT2D eigenvalue weighted by molar-refractivity contribution is 9.11. The van der Waals surface area contributed by atoms with Crippen molar-refractivity contribution in [2.45, 2.75) is 6.61 Å². The maximum Gasteiger partial charge on any atom is 0.135 e. The third-order valence-electron chi connectivity index (χ3n) is 2.52. The molecular weight excluding hydrogens is 459 g/mol. The number of halogens is 4. The molecule has 0 radical (unpaired) electrons. The maximum absolute atomic E-state index is 13.3. The highest BCUT2D eigenvalue weighted by Gasteiger charge is 2.09. The van der Waals surface area contributed by atoms with E-state index >= 15 is 0 Å². The Hall–Kier alpha value is -0.590. The van der Waals surface area contributed by atoms with E-state index in [1.807, 2.05) is 6.07 Å². The molecule has 2 nitrogen and oxygen atoms in total. The highest BCUT2D eigenvalue weighted by Crippen LogP contribution is 2.36. The summed E-state index contributed by atoms with van der Waals surface area (Å²) in [5, 5.41) is 0. The van der Waals surface area contributed by atoms with Crippen LogP contribution in [0.5, 0.6) is 11.5 Å². The van der Waals surface area contributed by atoms with Gasteiger partial charge in [-0.15, -0.1) is 0 Å². The minimum Gasteiger partial charge on any atom is -0.496 e. The molecule has 2 aromatic carbocycles. The van der Waals surface area contributed by atoms with Crippen LogP contribution >= 0.6 is 47.8 Å². The van der Waals surface area contributed by atoms with E-state index < -0.39 is 0 Å². The first-order chi connectivity index (χ1) is 9.49. The van der Waals surface area contributed by atoms with Gasteiger partial charge in [0.1, 0.15) is 23.9 Å². The lowest BCUT2D eigenvalue weighted by molar-refractivity contribution is 0.302. The Morgan fingerprint density at radius 1 is 0.950 bits per heavy atom. The molecule has 0 aliphatic carbocycles. The largest absolute Gasteiger partial charge is 0.496 e. The van der Waals surface area contributed by atoms with Crippen LogP contribution in [-0.4, -0.2) is 7.11 Å². The Morgan fingerprint density at radius 3 is 2.25 bits per heavy atom. The molecule has 0 heterocycles. The van der Waals surface area contributed by atoms with Crippen molar-refractivity contribution in [1.82, 2.24) is 0 Å². The zero-order valence-corrected chi connectivity index (χ0v) is 15.2. The molecular formula is C14H10Br3FO2. The summed E-state index contributed by atoms with van der Waals surface area (Å²) in [7, 11) is 1.59. The number of hydrogen-bond acceptors (Lipinski definition) is 2. The van der Waals surface area contributed by atoms with Gasteiger partial charge >= 0.3 is 0 Å². The van der Waals surface area contributed by atoms with Gasteiger partial charge in [0.05, 0.1) is 16.1 Å². The summed E-state index contributed by atoms with van der Waals surface area (Å²) < 4.78 is 26.4. The van der Waals surface area contributed by atoms with Crippen molar-refractivity contribution >= 4 is 47.8 Å². The van der Waals surface area contributed by atoms with Crippen molar-refractivity contribution < 1.29 is 13.9 Å². The maximum atomic E-state index is 13.3. The van der Waals surface area contributed by atoms with Crippen molar-refractivity contribution in [1.29, 1.82) is 0 Å². The summed E-state index contributed by atoms with van der Waals surface area (Å²) in [6, 6.07) is 8.27. The average Bonchev–Trinajstić information content (AvgIpc) is 2.38. The van der Waals surface area contributed by atoms with Gasteiger partial charge in [-0.25, -0.2) is 4.39 Å². The summed E-state index contributed by atoms with van der Waals surface area (Å²) in [6.45, 7) is 0.272. The standard InChI is InChI=1S/C14H10Br3FO2/c1-19-13-5-12(17)14(6-11(13)16)20-7-8-2-9(15)4-10(18)3-8/h2-6H,7H2,1H3. The number of rotatable bonds is 4. The fourth-order valence-corrected chi connectivity index (χ4v) is 3.07. The van der Waals surface area contributed by atoms with Gasteiger partial charge in [0.15, 0.2) is 0 Å². The topological polar surface area (TPSA) is 18.5 Å². The molecule has 0 saturated carbocycles. The van der Waals surface area contributed by atoms with Crippen molar-refractivity contribution in [3.63, 3.8) is 0 Å². The number of hydrogen-bond donors (Lipinski definition) is 0. The molecule has 0 atom stereocenters. The minimum atomic E-state index is -0.298. The van der Waals surface area contributed by atoms with Crippen LogP contribution in [0, 0.1) is 5.82 Å². The predicted octanol–water partition coefficient (Wildman–Crippen LogP) is 5.70. The van der Waals surface area contributed by atoms with Crippen LogP contribution in [-0.2, 0) is 6.61 Å². The number of ether oxygens (including phenoxy) is 2. The summed E-state index contributed by atoms with van der Waals surface area (Å²) in [5.41, 5.74) is 0.746. The smallest absolute Gasteiger partial charge is 0.135 e. The first-order valence-corrected chi connectivity index (χ1v) is 7.98. The van der Waals surface area contributed by atoms with E-state index in [0.29, 0.717) is 16.0 Å². The van der Waals surface area contributed by atoms with Crippen molar-refractivity contribution in [3.8, 4) is 11.5 Å². The van der Waals surface area contributed by atoms with Crippen LogP contribution < -0.4 is 9.47 Å². The Kier molecular flexibility index (Phi) is 5.46. The molecule has 0 spiro atoms. The minimum absolute atomic E-state index is 0.272. The van der Waals surface area contributed by atoms with Crippen LogP contribution in [0.2, 0.25) is 0 Å². The monoisotopic (exact) mass is 466 g/mol. The van der Waals surface area contributed by atoms with Gasteiger partial charge in [0.2, 0.25) is 0 Å². The van der Waals surface area contributed by atoms with Crippen LogP contribution in [0.4, 0.5) is 4.39 Å². The zero-order chi connectivity index (χ0) is 14.7. The Labute approximate surface area is 141 Å². The van der Waals surface area contributed by atoms with Crippen LogP contribution in [0.1, 0.15) is 5.56 Å². The molecule has 0 aliphatic rings. The molecule has 0 saturated heterocycles. The highest BCUT2D eigenvalue weighted by atomic mass is 79.9. The Morgan fingerprint density at radius 2 is 1.60 bits per heavy atom. The van der Waals surface area contributed by atoms with E-state index in [0.717, 1.165) is 14.5 Å². The van der Waals surface area contributed by atoms with E-state index in [-0.39, 0.29) is 12.4 Å². The lowest BCUT2D eigenvalue weighted by Crippen LogP contribution is -1.97. The average molecular weight is 469 g/mol. The molecule has 0 bridgehead atoms. The predicted molar refractivity (Wildman–Crippen MR) is 86.8 cm³/mol. The molecule has 6 heteroatoms. The SMILES string of the molecule is COc1cc(Br)c(OCc2cc(F)cc(Br)c2)cc1Br. The quantitative estimate of drug-likeness (QED) is 0.573. The molecule has 0 fully saturated rings. The van der Waals surface area contributed by atoms with E-state index in [1.54, 1.807) is 19.2 Å². The summed E-state index contributed by atoms with van der Waals surface area (Å²) in [4.78, 5) is 0. The molecule has 0 N–H and O–H groups in total. The molecule has 0 aromatic heterocycles. The van der Waals surface area contributed by atoms with Crippen molar-refractivity contribution in [3.05, 3.63) is 55.1 Å². The van der Waals surface area contributed by atoms with Crippen LogP contribution in [0.15, 0.2) is 43.7 Å². The fraction of sp³-hybridized carbons (Fsp3) is 0.143. The van der Waals surface area contributed by atoms with Gasteiger partial charge in [-0.05, 0) is 67.8 Å². The molecule has 2 rings (SSSR count). The van der Waals surface area contributed by atoms with Gasteiger partial charge < -0.3 is 9.47 Å². The van der Waals surface area contributed by atoms with E-state index in [2.05, 4.69) is 47.8 Å². The number of methoxy groups -OCH3 is 1. The van der Waals surface area contributed by atoms with Crippen molar-refractivity contribution in [2.75, 3.05) is 7.11 Å². The normalized spacial score (nSPS) is 10.4. The molecule has 2 aromatic rings. The third-order valence-corrected chi connectivity index (χ3v) is 4.22. The van der Waals surface area contributed by atoms with Crippen molar-refractivity contribution in [2.24, 2.45) is 0 Å². The lowest BCUT2D eigenvalue weighted by Gasteiger charge is -2.11. The molecule has 20 heavy (non-hydrogen) atoms. The van der Waals surface area contributed by atoms with Gasteiger partial charge in [-0.3, -0.25) is 0 Å². The van der Waals surface area contributed by atoms with Gasteiger partial charge in [0.25, 0.3) is 0 Å².